The molecular weight excluding hydrogens is 246 g/mol. The van der Waals surface area contributed by atoms with E-state index in [0.29, 0.717) is 5.82 Å². The Morgan fingerprint density at radius 3 is 2.61 bits per heavy atom. The highest BCUT2D eigenvalue weighted by molar-refractivity contribution is 7.22. The normalized spacial score (nSPS) is 10.7. The number of ether oxygens (including phenoxy) is 1. The molecule has 0 saturated heterocycles. The van der Waals surface area contributed by atoms with Gasteiger partial charge in [-0.2, -0.15) is 0 Å². The number of hydrogen-bond acceptors (Lipinski definition) is 5. The molecule has 2 heterocycles. The number of methoxy groups -OCH3 is 1. The largest absolute Gasteiger partial charge is 0.497 e. The highest BCUT2D eigenvalue weighted by Gasteiger charge is 2.08. The van der Waals surface area contributed by atoms with Crippen LogP contribution in [0.1, 0.15) is 0 Å². The number of thiophene rings is 1. The number of fused-ring (bicyclic) bond motifs is 1. The van der Waals surface area contributed by atoms with Crippen molar-refractivity contribution in [1.29, 1.82) is 0 Å². The van der Waals surface area contributed by atoms with Crippen molar-refractivity contribution in [3.63, 3.8) is 0 Å². The topological polar surface area (TPSA) is 61.0 Å². The molecule has 0 atom stereocenters. The van der Waals surface area contributed by atoms with Gasteiger partial charge in [0.15, 0.2) is 0 Å². The number of nitrogens with two attached hydrogens (primary N) is 1. The minimum absolute atomic E-state index is 0.532. The lowest BCUT2D eigenvalue weighted by atomic mass is 10.2. The molecule has 3 rings (SSSR count). The third-order valence-corrected chi connectivity index (χ3v) is 3.91. The average Bonchev–Trinajstić information content (AvgIpc) is 2.84. The Kier molecular flexibility index (Phi) is 2.60. The fourth-order valence-corrected chi connectivity index (χ4v) is 2.79. The molecule has 2 N–H and O–H groups in total. The van der Waals surface area contributed by atoms with Gasteiger partial charge in [0.25, 0.3) is 0 Å². The van der Waals surface area contributed by atoms with E-state index < -0.39 is 0 Å². The van der Waals surface area contributed by atoms with E-state index >= 15 is 0 Å². The van der Waals surface area contributed by atoms with Crippen LogP contribution in [0.25, 0.3) is 20.7 Å². The van der Waals surface area contributed by atoms with Gasteiger partial charge in [0.1, 0.15) is 17.9 Å². The summed E-state index contributed by atoms with van der Waals surface area (Å²) >= 11 is 1.60. The Bertz CT molecular complexity index is 691. The lowest BCUT2D eigenvalue weighted by molar-refractivity contribution is 0.415. The summed E-state index contributed by atoms with van der Waals surface area (Å²) in [6.45, 7) is 0. The van der Waals surface area contributed by atoms with Crippen LogP contribution in [0.3, 0.4) is 0 Å². The molecule has 2 aromatic heterocycles. The van der Waals surface area contributed by atoms with Crippen molar-refractivity contribution in [2.75, 3.05) is 12.8 Å². The lowest BCUT2D eigenvalue weighted by Gasteiger charge is -2.00. The molecule has 0 unspecified atom stereocenters. The van der Waals surface area contributed by atoms with Crippen molar-refractivity contribution < 1.29 is 4.74 Å². The Balaban J connectivity index is 2.10. The van der Waals surface area contributed by atoms with E-state index in [1.165, 1.54) is 6.33 Å². The Morgan fingerprint density at radius 1 is 1.17 bits per heavy atom. The SMILES string of the molecule is COc1ccc(-c2cc3ncnc(N)c3s2)cc1. The standard InChI is InChI=1S/C13H11N3OS/c1-17-9-4-2-8(3-5-9)11-6-10-12(18-11)13(14)16-7-15-10/h2-7H,1H3,(H2,14,15,16). The quantitative estimate of drug-likeness (QED) is 0.766. The summed E-state index contributed by atoms with van der Waals surface area (Å²) in [5.74, 6) is 1.38. The Morgan fingerprint density at radius 2 is 1.94 bits per heavy atom. The highest BCUT2D eigenvalue weighted by Crippen LogP contribution is 2.35. The zero-order valence-electron chi connectivity index (χ0n) is 9.75. The summed E-state index contributed by atoms with van der Waals surface area (Å²) < 4.78 is 6.08. The van der Waals surface area contributed by atoms with Crippen LogP contribution in [-0.4, -0.2) is 17.1 Å². The van der Waals surface area contributed by atoms with E-state index in [1.807, 2.05) is 30.3 Å². The van der Waals surface area contributed by atoms with Crippen LogP contribution >= 0.6 is 11.3 Å². The second-order valence-corrected chi connectivity index (χ2v) is 4.86. The Hall–Kier alpha value is -2.14. The van der Waals surface area contributed by atoms with Crippen molar-refractivity contribution in [1.82, 2.24) is 9.97 Å². The molecular formula is C13H11N3OS. The molecule has 0 spiro atoms. The maximum atomic E-state index is 5.83. The molecule has 0 aliphatic rings. The van der Waals surface area contributed by atoms with Crippen molar-refractivity contribution in [3.05, 3.63) is 36.7 Å². The summed E-state index contributed by atoms with van der Waals surface area (Å²) in [7, 11) is 1.66. The molecule has 0 radical (unpaired) electrons. The van der Waals surface area contributed by atoms with Crippen molar-refractivity contribution >= 4 is 27.4 Å². The fourth-order valence-electron chi connectivity index (χ4n) is 1.77. The van der Waals surface area contributed by atoms with Gasteiger partial charge in [0.05, 0.1) is 17.3 Å². The van der Waals surface area contributed by atoms with Gasteiger partial charge >= 0.3 is 0 Å². The van der Waals surface area contributed by atoms with Crippen molar-refractivity contribution in [2.45, 2.75) is 0 Å². The van der Waals surface area contributed by atoms with Crippen molar-refractivity contribution in [2.24, 2.45) is 0 Å². The maximum Gasteiger partial charge on any atom is 0.144 e. The Labute approximate surface area is 108 Å². The van der Waals surface area contributed by atoms with Gasteiger partial charge in [-0.25, -0.2) is 9.97 Å². The molecule has 90 valence electrons. The summed E-state index contributed by atoms with van der Waals surface area (Å²) in [6, 6.07) is 9.95. The first-order valence-corrected chi connectivity index (χ1v) is 6.24. The number of hydrogen-bond donors (Lipinski definition) is 1. The zero-order chi connectivity index (χ0) is 12.5. The number of anilines is 1. The number of rotatable bonds is 2. The van der Waals surface area contributed by atoms with Gasteiger partial charge in [-0.15, -0.1) is 11.3 Å². The van der Waals surface area contributed by atoms with Gasteiger partial charge in [-0.3, -0.25) is 0 Å². The lowest BCUT2D eigenvalue weighted by Crippen LogP contribution is -1.89. The first-order valence-electron chi connectivity index (χ1n) is 5.42. The minimum Gasteiger partial charge on any atom is -0.497 e. The maximum absolute atomic E-state index is 5.83. The molecule has 3 aromatic rings. The third-order valence-electron chi connectivity index (χ3n) is 2.71. The monoisotopic (exact) mass is 257 g/mol. The van der Waals surface area contributed by atoms with E-state index in [4.69, 9.17) is 10.5 Å². The number of nitrogen functional groups attached to an aromatic ring is 1. The molecule has 18 heavy (non-hydrogen) atoms. The van der Waals surface area contributed by atoms with Gasteiger partial charge in [-0.05, 0) is 35.9 Å². The van der Waals surface area contributed by atoms with E-state index in [0.717, 1.165) is 26.4 Å². The van der Waals surface area contributed by atoms with Crippen LogP contribution in [0.4, 0.5) is 5.82 Å². The second-order valence-electron chi connectivity index (χ2n) is 3.81. The molecule has 5 heteroatoms. The third kappa shape index (κ3) is 1.78. The molecule has 4 nitrogen and oxygen atoms in total. The van der Waals surface area contributed by atoms with Gasteiger partial charge in [0.2, 0.25) is 0 Å². The van der Waals surface area contributed by atoms with Crippen LogP contribution in [0.2, 0.25) is 0 Å². The molecule has 0 saturated carbocycles. The minimum atomic E-state index is 0.532. The molecule has 0 aliphatic carbocycles. The van der Waals surface area contributed by atoms with Gasteiger partial charge < -0.3 is 10.5 Å². The summed E-state index contributed by atoms with van der Waals surface area (Å²) in [5.41, 5.74) is 7.84. The summed E-state index contributed by atoms with van der Waals surface area (Å²) in [6.07, 6.45) is 1.49. The van der Waals surface area contributed by atoms with Crippen LogP contribution in [0.5, 0.6) is 5.75 Å². The molecule has 0 bridgehead atoms. The fraction of sp³-hybridized carbons (Fsp3) is 0.0769. The molecule has 0 aliphatic heterocycles. The average molecular weight is 257 g/mol. The van der Waals surface area contributed by atoms with Crippen LogP contribution < -0.4 is 10.5 Å². The van der Waals surface area contributed by atoms with Crippen LogP contribution in [0.15, 0.2) is 36.7 Å². The number of aromatic nitrogens is 2. The van der Waals surface area contributed by atoms with E-state index in [1.54, 1.807) is 18.4 Å². The highest BCUT2D eigenvalue weighted by atomic mass is 32.1. The molecule has 1 aromatic carbocycles. The zero-order valence-corrected chi connectivity index (χ0v) is 10.6. The molecule has 0 amide bonds. The molecule has 0 fully saturated rings. The summed E-state index contributed by atoms with van der Waals surface area (Å²) in [5, 5.41) is 0. The summed E-state index contributed by atoms with van der Waals surface area (Å²) in [4.78, 5) is 9.34. The van der Waals surface area contributed by atoms with Crippen LogP contribution in [0, 0.1) is 0 Å². The number of nitrogens with zero attached hydrogens (tertiary/aromatic N) is 2. The van der Waals surface area contributed by atoms with E-state index in [2.05, 4.69) is 9.97 Å². The van der Waals surface area contributed by atoms with Crippen LogP contribution in [-0.2, 0) is 0 Å². The van der Waals surface area contributed by atoms with Gasteiger partial charge in [0, 0.05) is 4.88 Å². The number of benzene rings is 1. The van der Waals surface area contributed by atoms with Crippen molar-refractivity contribution in [3.8, 4) is 16.2 Å². The first-order chi connectivity index (χ1) is 8.78. The smallest absolute Gasteiger partial charge is 0.144 e. The van der Waals surface area contributed by atoms with E-state index in [9.17, 15) is 0 Å². The first kappa shape index (κ1) is 11.0. The van der Waals surface area contributed by atoms with E-state index in [-0.39, 0.29) is 0 Å². The second kappa shape index (κ2) is 4.27. The predicted molar refractivity (Wildman–Crippen MR) is 73.8 cm³/mol. The predicted octanol–water partition coefficient (Wildman–Crippen LogP) is 2.95. The van der Waals surface area contributed by atoms with Gasteiger partial charge in [-0.1, -0.05) is 0 Å².